The summed E-state index contributed by atoms with van der Waals surface area (Å²) in [5.41, 5.74) is 1.18. The monoisotopic (exact) mass is 521 g/mol. The van der Waals surface area contributed by atoms with Crippen molar-refractivity contribution in [2.45, 2.75) is 39.3 Å². The third-order valence-electron chi connectivity index (χ3n) is 4.58. The quantitative estimate of drug-likeness (QED) is 0.213. The van der Waals surface area contributed by atoms with Crippen LogP contribution in [0.1, 0.15) is 39.3 Å². The van der Waals surface area contributed by atoms with Crippen LogP contribution in [0.15, 0.2) is 29.3 Å². The Morgan fingerprint density at radius 2 is 1.79 bits per heavy atom. The molecule has 1 heterocycles. The fourth-order valence-electron chi connectivity index (χ4n) is 3.14. The number of nitrogens with zero attached hydrogens (tertiary/aromatic N) is 2. The maximum atomic E-state index is 13.4. The summed E-state index contributed by atoms with van der Waals surface area (Å²) >= 11 is 0. The third-order valence-corrected chi connectivity index (χ3v) is 4.58. The van der Waals surface area contributed by atoms with Crippen LogP contribution < -0.4 is 16.0 Å². The molecule has 6 nitrogen and oxygen atoms in total. The summed E-state index contributed by atoms with van der Waals surface area (Å²) in [6, 6.07) is 6.87. The molecule has 1 aromatic carbocycles. The molecule has 8 heteroatoms. The van der Waals surface area contributed by atoms with Gasteiger partial charge in [0.1, 0.15) is 5.82 Å². The Morgan fingerprint density at radius 3 is 2.38 bits per heavy atom. The van der Waals surface area contributed by atoms with Crippen LogP contribution in [0.25, 0.3) is 0 Å². The number of morpholine rings is 1. The second-order valence-electron chi connectivity index (χ2n) is 8.04. The average Bonchev–Trinajstić information content (AvgIpc) is 2.66. The van der Waals surface area contributed by atoms with E-state index < -0.39 is 0 Å². The zero-order valence-electron chi connectivity index (χ0n) is 18.1. The van der Waals surface area contributed by atoms with E-state index in [0.29, 0.717) is 6.54 Å². The molecule has 0 amide bonds. The normalized spacial score (nSPS) is 16.8. The molecule has 1 saturated heterocycles. The molecule has 1 aliphatic heterocycles. The van der Waals surface area contributed by atoms with Crippen LogP contribution in [0.3, 0.4) is 0 Å². The summed E-state index contributed by atoms with van der Waals surface area (Å²) in [7, 11) is 0. The molecule has 3 N–H and O–H groups in total. The zero-order valence-corrected chi connectivity index (χ0v) is 20.5. The van der Waals surface area contributed by atoms with Gasteiger partial charge in [0.2, 0.25) is 0 Å². The van der Waals surface area contributed by atoms with E-state index >= 15 is 0 Å². The molecule has 0 aliphatic carbocycles. The van der Waals surface area contributed by atoms with E-state index in [-0.39, 0.29) is 41.4 Å². The van der Waals surface area contributed by atoms with Crippen molar-refractivity contribution in [3.63, 3.8) is 0 Å². The zero-order chi connectivity index (χ0) is 20.4. The van der Waals surface area contributed by atoms with Gasteiger partial charge in [-0.1, -0.05) is 12.1 Å². The van der Waals surface area contributed by atoms with Gasteiger partial charge in [-0.15, -0.1) is 24.0 Å². The van der Waals surface area contributed by atoms with E-state index in [2.05, 4.69) is 48.5 Å². The molecule has 29 heavy (non-hydrogen) atoms. The Labute approximate surface area is 192 Å². The fraction of sp³-hybridized carbons (Fsp3) is 0.667. The summed E-state index contributed by atoms with van der Waals surface area (Å²) in [6.07, 6.45) is 0. The van der Waals surface area contributed by atoms with E-state index in [0.717, 1.165) is 57.5 Å². The molecule has 1 aliphatic rings. The van der Waals surface area contributed by atoms with E-state index in [1.807, 2.05) is 12.1 Å². The lowest BCUT2D eigenvalue weighted by molar-refractivity contribution is 0.0179. The lowest BCUT2D eigenvalue weighted by atomic mass is 10.0. The first kappa shape index (κ1) is 26.1. The maximum Gasteiger partial charge on any atom is 0.191 e. The number of hydrogen-bond donors (Lipinski definition) is 3. The molecule has 0 spiro atoms. The van der Waals surface area contributed by atoms with Gasteiger partial charge in [0, 0.05) is 38.3 Å². The topological polar surface area (TPSA) is 60.9 Å². The van der Waals surface area contributed by atoms with Gasteiger partial charge in [-0.3, -0.25) is 9.89 Å². The molecule has 2 rings (SSSR count). The van der Waals surface area contributed by atoms with Gasteiger partial charge in [-0.2, -0.15) is 0 Å². The summed E-state index contributed by atoms with van der Waals surface area (Å²) in [5, 5.41) is 10.2. The molecule has 0 aromatic heterocycles. The average molecular weight is 521 g/mol. The van der Waals surface area contributed by atoms with Crippen molar-refractivity contribution >= 4 is 29.9 Å². The van der Waals surface area contributed by atoms with Crippen LogP contribution in [0.5, 0.6) is 0 Å². The Hall–Kier alpha value is -0.970. The van der Waals surface area contributed by atoms with Crippen LogP contribution in [-0.4, -0.2) is 68.9 Å². The first-order chi connectivity index (χ1) is 13.4. The second kappa shape index (κ2) is 13.4. The van der Waals surface area contributed by atoms with Gasteiger partial charge in [0.05, 0.1) is 25.8 Å². The van der Waals surface area contributed by atoms with E-state index in [9.17, 15) is 4.39 Å². The van der Waals surface area contributed by atoms with Gasteiger partial charge >= 0.3 is 0 Å². The van der Waals surface area contributed by atoms with Crippen molar-refractivity contribution < 1.29 is 9.13 Å². The molecule has 1 atom stereocenters. The summed E-state index contributed by atoms with van der Waals surface area (Å²) in [6.45, 7) is 14.7. The standard InChI is InChI=1S/C21H36FN5O.HI/c1-5-23-20(24-10-11-26-21(2,3)4)25-16-19(27-12-14-28-15-13-27)17-6-8-18(22)9-7-17;/h6-9,19,26H,5,10-16H2,1-4H3,(H2,23,24,25);1H. The van der Waals surface area contributed by atoms with Crippen LogP contribution >= 0.6 is 24.0 Å². The molecule has 1 aromatic rings. The van der Waals surface area contributed by atoms with Crippen LogP contribution in [0.2, 0.25) is 0 Å². The van der Waals surface area contributed by atoms with Crippen molar-refractivity contribution in [3.05, 3.63) is 35.6 Å². The predicted molar refractivity (Wildman–Crippen MR) is 129 cm³/mol. The molecule has 0 saturated carbocycles. The van der Waals surface area contributed by atoms with Crippen molar-refractivity contribution in [2.24, 2.45) is 4.99 Å². The molecular formula is C21H37FIN5O. The van der Waals surface area contributed by atoms with Gasteiger partial charge in [-0.05, 0) is 45.4 Å². The molecule has 1 fully saturated rings. The number of aliphatic imine (C=N–C) groups is 1. The summed E-state index contributed by atoms with van der Waals surface area (Å²) in [4.78, 5) is 7.18. The number of nitrogens with one attached hydrogen (secondary N) is 3. The summed E-state index contributed by atoms with van der Waals surface area (Å²) < 4.78 is 18.9. The molecule has 0 bridgehead atoms. The van der Waals surface area contributed by atoms with Gasteiger partial charge in [0.15, 0.2) is 5.96 Å². The Bertz CT molecular complexity index is 600. The lowest BCUT2D eigenvalue weighted by Crippen LogP contribution is -2.45. The van der Waals surface area contributed by atoms with E-state index in [1.54, 1.807) is 0 Å². The molecular weight excluding hydrogens is 484 g/mol. The number of hydrogen-bond acceptors (Lipinski definition) is 4. The number of rotatable bonds is 8. The molecule has 0 radical (unpaired) electrons. The van der Waals surface area contributed by atoms with Crippen LogP contribution in [-0.2, 0) is 4.74 Å². The lowest BCUT2D eigenvalue weighted by Gasteiger charge is -2.34. The number of halogens is 2. The highest BCUT2D eigenvalue weighted by molar-refractivity contribution is 14.0. The Kier molecular flexibility index (Phi) is 12.0. The SMILES string of the molecule is CCNC(=NCC(c1ccc(F)cc1)N1CCOCC1)NCCNC(C)(C)C.I. The minimum atomic E-state index is -0.214. The highest BCUT2D eigenvalue weighted by Crippen LogP contribution is 2.22. The number of benzene rings is 1. The Morgan fingerprint density at radius 1 is 1.14 bits per heavy atom. The largest absolute Gasteiger partial charge is 0.379 e. The number of ether oxygens (including phenoxy) is 1. The molecule has 166 valence electrons. The fourth-order valence-corrected chi connectivity index (χ4v) is 3.14. The second-order valence-corrected chi connectivity index (χ2v) is 8.04. The highest BCUT2D eigenvalue weighted by Gasteiger charge is 2.22. The third kappa shape index (κ3) is 10.1. The minimum absolute atomic E-state index is 0. The van der Waals surface area contributed by atoms with E-state index in [1.165, 1.54) is 12.1 Å². The minimum Gasteiger partial charge on any atom is -0.379 e. The first-order valence-electron chi connectivity index (χ1n) is 10.2. The number of guanidine groups is 1. The van der Waals surface area contributed by atoms with Gasteiger partial charge < -0.3 is 20.7 Å². The first-order valence-corrected chi connectivity index (χ1v) is 10.2. The summed E-state index contributed by atoms with van der Waals surface area (Å²) in [5.74, 6) is 0.591. The van der Waals surface area contributed by atoms with E-state index in [4.69, 9.17) is 9.73 Å². The van der Waals surface area contributed by atoms with Gasteiger partial charge in [0.25, 0.3) is 0 Å². The van der Waals surface area contributed by atoms with Gasteiger partial charge in [-0.25, -0.2) is 4.39 Å². The van der Waals surface area contributed by atoms with Crippen molar-refractivity contribution in [2.75, 3.05) is 52.5 Å². The van der Waals surface area contributed by atoms with Crippen molar-refractivity contribution in [1.82, 2.24) is 20.9 Å². The smallest absolute Gasteiger partial charge is 0.191 e. The predicted octanol–water partition coefficient (Wildman–Crippen LogP) is 2.76. The van der Waals surface area contributed by atoms with Crippen LogP contribution in [0, 0.1) is 5.82 Å². The molecule has 1 unspecified atom stereocenters. The Balaban J connectivity index is 0.00000420. The maximum absolute atomic E-state index is 13.4. The van der Waals surface area contributed by atoms with Crippen molar-refractivity contribution in [3.8, 4) is 0 Å². The van der Waals surface area contributed by atoms with Crippen LogP contribution in [0.4, 0.5) is 4.39 Å². The highest BCUT2D eigenvalue weighted by atomic mass is 127. The van der Waals surface area contributed by atoms with Crippen molar-refractivity contribution in [1.29, 1.82) is 0 Å².